The van der Waals surface area contributed by atoms with Crippen LogP contribution >= 0.6 is 11.6 Å². The van der Waals surface area contributed by atoms with E-state index in [9.17, 15) is 4.79 Å². The van der Waals surface area contributed by atoms with Gasteiger partial charge in [-0.05, 0) is 13.0 Å². The molecule has 0 bridgehead atoms. The monoisotopic (exact) mass is 227 g/mol. The van der Waals surface area contributed by atoms with Crippen molar-refractivity contribution in [1.29, 1.82) is 0 Å². The smallest absolute Gasteiger partial charge is 0.245 e. The normalized spacial score (nSPS) is 10.1. The molecular weight excluding hydrogens is 214 g/mol. The Morgan fingerprint density at radius 1 is 1.73 bits per heavy atom. The van der Waals surface area contributed by atoms with Crippen molar-refractivity contribution in [2.75, 3.05) is 7.05 Å². The molecule has 4 nitrogen and oxygen atoms in total. The summed E-state index contributed by atoms with van der Waals surface area (Å²) < 4.78 is 1.60. The number of carbonyl (C=O) groups is 1. The molecule has 0 aliphatic carbocycles. The van der Waals surface area contributed by atoms with Gasteiger partial charge in [-0.3, -0.25) is 9.48 Å². The van der Waals surface area contributed by atoms with Crippen LogP contribution in [0.1, 0.15) is 11.3 Å². The minimum Gasteiger partial charge on any atom is -0.338 e. The van der Waals surface area contributed by atoms with E-state index in [0.29, 0.717) is 11.7 Å². The minimum atomic E-state index is -0.130. The van der Waals surface area contributed by atoms with E-state index in [1.54, 1.807) is 23.7 Å². The van der Waals surface area contributed by atoms with Crippen LogP contribution in [0.15, 0.2) is 12.7 Å². The zero-order chi connectivity index (χ0) is 11.6. The van der Waals surface area contributed by atoms with Gasteiger partial charge in [-0.2, -0.15) is 5.10 Å². The summed E-state index contributed by atoms with van der Waals surface area (Å²) in [6.45, 7) is 5.74. The number of amides is 1. The molecule has 1 amide bonds. The molecule has 0 saturated heterocycles. The lowest BCUT2D eigenvalue weighted by molar-refractivity contribution is -0.125. The molecule has 0 N–H and O–H groups in total. The van der Waals surface area contributed by atoms with E-state index >= 15 is 0 Å². The van der Waals surface area contributed by atoms with Crippen molar-refractivity contribution in [2.24, 2.45) is 7.05 Å². The van der Waals surface area contributed by atoms with Gasteiger partial charge in [0.15, 0.2) is 0 Å². The zero-order valence-electron chi connectivity index (χ0n) is 9.12. The van der Waals surface area contributed by atoms with Crippen LogP contribution in [0.2, 0.25) is 5.15 Å². The van der Waals surface area contributed by atoms with Crippen molar-refractivity contribution in [3.63, 3.8) is 0 Å². The Labute approximate surface area is 94.1 Å². The largest absolute Gasteiger partial charge is 0.338 e. The van der Waals surface area contributed by atoms with Crippen molar-refractivity contribution in [2.45, 2.75) is 13.5 Å². The fraction of sp³-hybridized carbons (Fsp3) is 0.400. The van der Waals surface area contributed by atoms with Gasteiger partial charge in [0.1, 0.15) is 5.15 Å². The average Bonchev–Trinajstić information content (AvgIpc) is 2.43. The van der Waals surface area contributed by atoms with Gasteiger partial charge in [0.2, 0.25) is 5.91 Å². The van der Waals surface area contributed by atoms with E-state index in [2.05, 4.69) is 11.7 Å². The molecule has 0 aliphatic heterocycles. The quantitative estimate of drug-likeness (QED) is 0.735. The first kappa shape index (κ1) is 11.8. The Morgan fingerprint density at radius 3 is 2.73 bits per heavy atom. The highest BCUT2D eigenvalue weighted by atomic mass is 35.5. The van der Waals surface area contributed by atoms with E-state index in [4.69, 9.17) is 11.6 Å². The molecule has 1 heterocycles. The summed E-state index contributed by atoms with van der Waals surface area (Å²) in [5.41, 5.74) is 1.71. The summed E-state index contributed by atoms with van der Waals surface area (Å²) >= 11 is 6.04. The van der Waals surface area contributed by atoms with Gasteiger partial charge in [0.25, 0.3) is 0 Å². The Morgan fingerprint density at radius 2 is 2.33 bits per heavy atom. The first-order chi connectivity index (χ1) is 6.97. The first-order valence-corrected chi connectivity index (χ1v) is 4.90. The van der Waals surface area contributed by atoms with Crippen LogP contribution in [0.4, 0.5) is 0 Å². The second kappa shape index (κ2) is 4.49. The van der Waals surface area contributed by atoms with Crippen LogP contribution in [0.5, 0.6) is 0 Å². The van der Waals surface area contributed by atoms with Crippen LogP contribution < -0.4 is 0 Å². The third-order valence-electron chi connectivity index (χ3n) is 2.22. The Hall–Kier alpha value is -1.29. The fourth-order valence-electron chi connectivity index (χ4n) is 1.32. The lowest BCUT2D eigenvalue weighted by Gasteiger charge is -2.14. The van der Waals surface area contributed by atoms with Crippen molar-refractivity contribution < 1.29 is 4.79 Å². The van der Waals surface area contributed by atoms with E-state index in [-0.39, 0.29) is 5.91 Å². The van der Waals surface area contributed by atoms with Crippen LogP contribution in [0, 0.1) is 6.92 Å². The molecule has 1 rings (SSSR count). The average molecular weight is 228 g/mol. The second-order valence-corrected chi connectivity index (χ2v) is 3.73. The molecule has 5 heteroatoms. The number of hydrogen-bond donors (Lipinski definition) is 0. The maximum atomic E-state index is 11.3. The van der Waals surface area contributed by atoms with Crippen molar-refractivity contribution in [1.82, 2.24) is 14.7 Å². The van der Waals surface area contributed by atoms with Gasteiger partial charge in [0, 0.05) is 19.7 Å². The fourth-order valence-corrected chi connectivity index (χ4v) is 1.56. The molecule has 82 valence electrons. The Balaban J connectivity index is 2.89. The molecule has 1 aromatic heterocycles. The van der Waals surface area contributed by atoms with Gasteiger partial charge in [0.05, 0.1) is 12.2 Å². The van der Waals surface area contributed by atoms with Crippen LogP contribution in [-0.2, 0) is 18.4 Å². The lowest BCUT2D eigenvalue weighted by atomic mass is 10.2. The molecule has 0 fully saturated rings. The SMILES string of the molecule is C=CC(=O)N(C)Cc1c(C)nn(C)c1Cl. The van der Waals surface area contributed by atoms with Gasteiger partial charge < -0.3 is 4.90 Å². The number of rotatable bonds is 3. The molecule has 0 unspecified atom stereocenters. The number of carbonyl (C=O) groups excluding carboxylic acids is 1. The molecule has 0 aliphatic rings. The van der Waals surface area contributed by atoms with E-state index < -0.39 is 0 Å². The second-order valence-electron chi connectivity index (χ2n) is 3.38. The van der Waals surface area contributed by atoms with Gasteiger partial charge in [-0.1, -0.05) is 18.2 Å². The number of aromatic nitrogens is 2. The zero-order valence-corrected chi connectivity index (χ0v) is 9.88. The summed E-state index contributed by atoms with van der Waals surface area (Å²) in [6, 6.07) is 0. The highest BCUT2D eigenvalue weighted by Crippen LogP contribution is 2.19. The summed E-state index contributed by atoms with van der Waals surface area (Å²) in [7, 11) is 3.47. The highest BCUT2D eigenvalue weighted by molar-refractivity contribution is 6.30. The van der Waals surface area contributed by atoms with E-state index in [1.807, 2.05) is 6.92 Å². The standard InChI is InChI=1S/C10H14ClN3O/c1-5-9(15)13(3)6-8-7(2)12-14(4)10(8)11/h5H,1,6H2,2-4H3. The number of halogens is 1. The predicted molar refractivity (Wildman–Crippen MR) is 59.6 cm³/mol. The Kier molecular flexibility index (Phi) is 3.52. The van der Waals surface area contributed by atoms with Crippen molar-refractivity contribution in [3.8, 4) is 0 Å². The molecular formula is C10H14ClN3O. The third kappa shape index (κ3) is 2.39. The predicted octanol–water partition coefficient (Wildman–Crippen LogP) is 1.53. The van der Waals surface area contributed by atoms with Gasteiger partial charge in [-0.25, -0.2) is 0 Å². The summed E-state index contributed by atoms with van der Waals surface area (Å²) in [6.07, 6.45) is 1.28. The number of nitrogens with zero attached hydrogens (tertiary/aromatic N) is 3. The molecule has 0 atom stereocenters. The van der Waals surface area contributed by atoms with Gasteiger partial charge >= 0.3 is 0 Å². The maximum Gasteiger partial charge on any atom is 0.245 e. The molecule has 0 spiro atoms. The molecule has 1 aromatic rings. The number of likely N-dealkylation sites (N-methyl/N-ethyl adjacent to an activating group) is 1. The summed E-state index contributed by atoms with van der Waals surface area (Å²) in [5.74, 6) is -0.130. The number of aryl methyl sites for hydroxylation is 2. The minimum absolute atomic E-state index is 0.130. The van der Waals surface area contributed by atoms with Crippen LogP contribution in [0.25, 0.3) is 0 Å². The van der Waals surface area contributed by atoms with Crippen molar-refractivity contribution >= 4 is 17.5 Å². The first-order valence-electron chi connectivity index (χ1n) is 4.53. The molecule has 0 radical (unpaired) electrons. The lowest BCUT2D eigenvalue weighted by Crippen LogP contribution is -2.24. The van der Waals surface area contributed by atoms with Crippen LogP contribution in [-0.4, -0.2) is 27.6 Å². The van der Waals surface area contributed by atoms with Crippen LogP contribution in [0.3, 0.4) is 0 Å². The van der Waals surface area contributed by atoms with Crippen molar-refractivity contribution in [3.05, 3.63) is 29.1 Å². The molecule has 0 aromatic carbocycles. The molecule has 0 saturated carbocycles. The number of hydrogen-bond acceptors (Lipinski definition) is 2. The van der Waals surface area contributed by atoms with E-state index in [0.717, 1.165) is 11.3 Å². The highest BCUT2D eigenvalue weighted by Gasteiger charge is 2.14. The third-order valence-corrected chi connectivity index (χ3v) is 2.69. The van der Waals surface area contributed by atoms with E-state index in [1.165, 1.54) is 6.08 Å². The maximum absolute atomic E-state index is 11.3. The molecule has 15 heavy (non-hydrogen) atoms. The summed E-state index contributed by atoms with van der Waals surface area (Å²) in [4.78, 5) is 12.8. The topological polar surface area (TPSA) is 38.1 Å². The van der Waals surface area contributed by atoms with Gasteiger partial charge in [-0.15, -0.1) is 0 Å². The summed E-state index contributed by atoms with van der Waals surface area (Å²) in [5, 5.41) is 4.74. The Bertz CT molecular complexity index is 398.